The predicted molar refractivity (Wildman–Crippen MR) is 85.2 cm³/mol. The van der Waals surface area contributed by atoms with Gasteiger partial charge >= 0.3 is 12.1 Å². The summed E-state index contributed by atoms with van der Waals surface area (Å²) in [6.45, 7) is -1.16. The second kappa shape index (κ2) is 6.56. The van der Waals surface area contributed by atoms with Crippen LogP contribution in [0.5, 0.6) is 11.5 Å². The molecule has 1 aliphatic rings. The number of halogens is 4. The van der Waals surface area contributed by atoms with Gasteiger partial charge in [0.25, 0.3) is 0 Å². The number of alkyl halides is 3. The molecular weight excluding hydrogens is 379 g/mol. The standard InChI is InChI=1S/C16H11ClF3NO5/c17-10-3-8-11-4-12(22)9(15(23)24)6-21(11)1-2-25-13(8)5-14(10)26-7-16(18,19)20/h3-6H,1-2,7H2,(H,23,24). The molecule has 0 aliphatic carbocycles. The molecule has 1 aromatic heterocycles. The number of carbonyl (C=O) groups is 1. The van der Waals surface area contributed by atoms with Gasteiger partial charge < -0.3 is 19.1 Å². The van der Waals surface area contributed by atoms with Crippen molar-refractivity contribution in [2.45, 2.75) is 12.7 Å². The van der Waals surface area contributed by atoms with E-state index in [1.165, 1.54) is 22.9 Å². The Morgan fingerprint density at radius 2 is 2.08 bits per heavy atom. The van der Waals surface area contributed by atoms with Crippen molar-refractivity contribution in [2.75, 3.05) is 13.2 Å². The van der Waals surface area contributed by atoms with E-state index in [9.17, 15) is 22.8 Å². The third kappa shape index (κ3) is 3.62. The summed E-state index contributed by atoms with van der Waals surface area (Å²) in [4.78, 5) is 23.1. The monoisotopic (exact) mass is 389 g/mol. The van der Waals surface area contributed by atoms with Crippen molar-refractivity contribution in [1.29, 1.82) is 0 Å². The number of aromatic carboxylic acids is 1. The molecule has 0 fully saturated rings. The number of carboxylic acids is 1. The van der Waals surface area contributed by atoms with Gasteiger partial charge in [-0.3, -0.25) is 4.79 Å². The van der Waals surface area contributed by atoms with Crippen molar-refractivity contribution >= 4 is 17.6 Å². The van der Waals surface area contributed by atoms with Crippen LogP contribution in [0.15, 0.2) is 29.2 Å². The topological polar surface area (TPSA) is 77.8 Å². The smallest absolute Gasteiger partial charge is 0.422 e. The average molecular weight is 390 g/mol. The van der Waals surface area contributed by atoms with Crippen LogP contribution in [0.3, 0.4) is 0 Å². The number of hydrogen-bond acceptors (Lipinski definition) is 4. The zero-order chi connectivity index (χ0) is 19.1. The second-order valence-corrected chi connectivity index (χ2v) is 5.87. The number of benzene rings is 1. The van der Waals surface area contributed by atoms with E-state index in [1.807, 2.05) is 0 Å². The normalized spacial score (nSPS) is 13.2. The Labute approximate surface area is 149 Å². The lowest BCUT2D eigenvalue weighted by Crippen LogP contribution is -2.19. The molecule has 1 aromatic carbocycles. The number of hydrogen-bond donors (Lipinski definition) is 1. The molecule has 0 amide bonds. The van der Waals surface area contributed by atoms with E-state index >= 15 is 0 Å². The fraction of sp³-hybridized carbons (Fsp3) is 0.250. The fourth-order valence-corrected chi connectivity index (χ4v) is 2.75. The van der Waals surface area contributed by atoms with Crippen LogP contribution in [-0.4, -0.2) is 35.0 Å². The Hall–Kier alpha value is -2.68. The van der Waals surface area contributed by atoms with E-state index in [0.717, 1.165) is 6.07 Å². The molecule has 1 aliphatic heterocycles. The van der Waals surface area contributed by atoms with E-state index in [2.05, 4.69) is 4.74 Å². The number of pyridine rings is 1. The van der Waals surface area contributed by atoms with Crippen LogP contribution in [-0.2, 0) is 6.54 Å². The van der Waals surface area contributed by atoms with Gasteiger partial charge in [-0.05, 0) is 6.07 Å². The molecule has 2 heterocycles. The summed E-state index contributed by atoms with van der Waals surface area (Å²) < 4.78 is 48.7. The molecular formula is C16H11ClF3NO5. The summed E-state index contributed by atoms with van der Waals surface area (Å²) in [6.07, 6.45) is -3.33. The van der Waals surface area contributed by atoms with Crippen molar-refractivity contribution in [3.8, 4) is 22.8 Å². The van der Waals surface area contributed by atoms with Gasteiger partial charge in [0.15, 0.2) is 12.0 Å². The van der Waals surface area contributed by atoms with E-state index in [0.29, 0.717) is 11.3 Å². The lowest BCUT2D eigenvalue weighted by molar-refractivity contribution is -0.153. The molecule has 6 nitrogen and oxygen atoms in total. The Bertz CT molecular complexity index is 939. The molecule has 3 rings (SSSR count). The molecule has 0 atom stereocenters. The first-order chi connectivity index (χ1) is 12.2. The third-order valence-corrected chi connectivity index (χ3v) is 3.94. The molecule has 138 valence electrons. The maximum atomic E-state index is 12.3. The van der Waals surface area contributed by atoms with Gasteiger partial charge in [0, 0.05) is 23.9 Å². The summed E-state index contributed by atoms with van der Waals surface area (Å²) in [5.41, 5.74) is -0.406. The number of fused-ring (bicyclic) bond motifs is 3. The Morgan fingerprint density at radius 3 is 2.73 bits per heavy atom. The molecule has 26 heavy (non-hydrogen) atoms. The molecule has 0 radical (unpaired) electrons. The molecule has 0 bridgehead atoms. The zero-order valence-electron chi connectivity index (χ0n) is 13.0. The summed E-state index contributed by atoms with van der Waals surface area (Å²) in [5.74, 6) is -1.38. The highest BCUT2D eigenvalue weighted by molar-refractivity contribution is 6.32. The second-order valence-electron chi connectivity index (χ2n) is 5.47. The largest absolute Gasteiger partial charge is 0.491 e. The van der Waals surface area contributed by atoms with Crippen LogP contribution in [0.4, 0.5) is 13.2 Å². The van der Waals surface area contributed by atoms with Crippen molar-refractivity contribution in [2.24, 2.45) is 0 Å². The zero-order valence-corrected chi connectivity index (χ0v) is 13.7. The molecule has 1 N–H and O–H groups in total. The molecule has 0 saturated carbocycles. The maximum absolute atomic E-state index is 12.3. The highest BCUT2D eigenvalue weighted by Crippen LogP contribution is 2.40. The van der Waals surface area contributed by atoms with Gasteiger partial charge in [0.2, 0.25) is 0 Å². The van der Waals surface area contributed by atoms with Gasteiger partial charge in [-0.2, -0.15) is 13.2 Å². The fourth-order valence-electron chi connectivity index (χ4n) is 2.53. The Morgan fingerprint density at radius 1 is 1.35 bits per heavy atom. The van der Waals surface area contributed by atoms with Gasteiger partial charge in [-0.25, -0.2) is 4.79 Å². The number of rotatable bonds is 3. The van der Waals surface area contributed by atoms with E-state index in [1.54, 1.807) is 0 Å². The van der Waals surface area contributed by atoms with E-state index < -0.39 is 29.7 Å². The van der Waals surface area contributed by atoms with E-state index in [-0.39, 0.29) is 29.7 Å². The number of nitrogens with zero attached hydrogens (tertiary/aromatic N) is 1. The summed E-state index contributed by atoms with van der Waals surface area (Å²) in [7, 11) is 0. The van der Waals surface area contributed by atoms with E-state index in [4.69, 9.17) is 21.4 Å². The summed E-state index contributed by atoms with van der Waals surface area (Å²) in [5, 5.41) is 8.97. The Kier molecular flexibility index (Phi) is 4.57. The lowest BCUT2D eigenvalue weighted by Gasteiger charge is -2.15. The molecule has 0 saturated heterocycles. The average Bonchev–Trinajstić information content (AvgIpc) is 2.70. The van der Waals surface area contributed by atoms with Crippen LogP contribution in [0, 0.1) is 0 Å². The maximum Gasteiger partial charge on any atom is 0.422 e. The first-order valence-corrected chi connectivity index (χ1v) is 7.67. The highest BCUT2D eigenvalue weighted by Gasteiger charge is 2.29. The lowest BCUT2D eigenvalue weighted by atomic mass is 10.1. The highest BCUT2D eigenvalue weighted by atomic mass is 35.5. The quantitative estimate of drug-likeness (QED) is 0.872. The molecule has 0 unspecified atom stereocenters. The number of aromatic nitrogens is 1. The first kappa shape index (κ1) is 18.1. The minimum absolute atomic E-state index is 0.0974. The van der Waals surface area contributed by atoms with Crippen molar-refractivity contribution in [3.63, 3.8) is 0 Å². The first-order valence-electron chi connectivity index (χ1n) is 7.30. The van der Waals surface area contributed by atoms with Crippen LogP contribution in [0.2, 0.25) is 5.02 Å². The van der Waals surface area contributed by atoms with Crippen LogP contribution in [0.1, 0.15) is 10.4 Å². The Balaban J connectivity index is 2.08. The van der Waals surface area contributed by atoms with Crippen LogP contribution in [0.25, 0.3) is 11.3 Å². The van der Waals surface area contributed by atoms with Crippen molar-refractivity contribution in [3.05, 3.63) is 45.2 Å². The minimum Gasteiger partial charge on any atom is -0.491 e. The molecule has 10 heteroatoms. The van der Waals surface area contributed by atoms with Gasteiger partial charge in [-0.15, -0.1) is 0 Å². The van der Waals surface area contributed by atoms with Gasteiger partial charge in [0.05, 0.1) is 17.3 Å². The van der Waals surface area contributed by atoms with Gasteiger partial charge in [-0.1, -0.05) is 11.6 Å². The molecule has 2 aromatic rings. The molecule has 0 spiro atoms. The predicted octanol–water partition coefficient (Wildman–Crippen LogP) is 3.20. The SMILES string of the molecule is O=C(O)c1cn2c(cc1=O)-c1cc(Cl)c(OCC(F)(F)F)cc1OCC2. The van der Waals surface area contributed by atoms with Gasteiger partial charge in [0.1, 0.15) is 23.7 Å². The minimum atomic E-state index is -4.52. The summed E-state index contributed by atoms with van der Waals surface area (Å²) in [6, 6.07) is 3.66. The van der Waals surface area contributed by atoms with Crippen molar-refractivity contribution < 1.29 is 32.5 Å². The van der Waals surface area contributed by atoms with Crippen LogP contribution >= 0.6 is 11.6 Å². The summed E-state index contributed by atoms with van der Waals surface area (Å²) >= 11 is 6.00. The van der Waals surface area contributed by atoms with Crippen molar-refractivity contribution in [1.82, 2.24) is 4.57 Å². The number of ether oxygens (including phenoxy) is 2. The number of carboxylic acid groups (broad SMARTS) is 1. The third-order valence-electron chi connectivity index (χ3n) is 3.65. The van der Waals surface area contributed by atoms with Crippen LogP contribution < -0.4 is 14.9 Å².